The highest BCUT2D eigenvalue weighted by molar-refractivity contribution is 6.27. The van der Waals surface area contributed by atoms with Crippen molar-refractivity contribution in [1.29, 1.82) is 0 Å². The average molecular weight is 159 g/mol. The summed E-state index contributed by atoms with van der Waals surface area (Å²) in [6.07, 6.45) is 3.46. The van der Waals surface area contributed by atoms with E-state index >= 15 is 0 Å². The standard InChI is InChI=1S/C7H7ClO2/c8-4-7(9)3-6-1-2-10-5-6/h1-2,5H,3-4H2. The van der Waals surface area contributed by atoms with Gasteiger partial charge in [-0.3, -0.25) is 4.79 Å². The summed E-state index contributed by atoms with van der Waals surface area (Å²) in [6, 6.07) is 1.75. The number of ketones is 1. The van der Waals surface area contributed by atoms with Crippen LogP contribution in [-0.2, 0) is 11.2 Å². The minimum absolute atomic E-state index is 0.0167. The van der Waals surface area contributed by atoms with Crippen molar-refractivity contribution in [2.45, 2.75) is 6.42 Å². The zero-order valence-corrected chi connectivity index (χ0v) is 6.10. The Balaban J connectivity index is 2.48. The van der Waals surface area contributed by atoms with Gasteiger partial charge in [-0.25, -0.2) is 0 Å². The molecular formula is C7H7ClO2. The minimum Gasteiger partial charge on any atom is -0.472 e. The van der Waals surface area contributed by atoms with Gasteiger partial charge in [0.25, 0.3) is 0 Å². The molecule has 0 aliphatic heterocycles. The van der Waals surface area contributed by atoms with E-state index in [2.05, 4.69) is 0 Å². The van der Waals surface area contributed by atoms with E-state index in [1.54, 1.807) is 12.3 Å². The van der Waals surface area contributed by atoms with Crippen molar-refractivity contribution >= 4 is 17.4 Å². The Morgan fingerprint density at radius 2 is 2.50 bits per heavy atom. The van der Waals surface area contributed by atoms with E-state index in [1.807, 2.05) is 0 Å². The highest BCUT2D eigenvalue weighted by atomic mass is 35.5. The van der Waals surface area contributed by atoms with Gasteiger partial charge in [-0.15, -0.1) is 11.6 Å². The van der Waals surface area contributed by atoms with Crippen molar-refractivity contribution in [2.24, 2.45) is 0 Å². The van der Waals surface area contributed by atoms with Crippen molar-refractivity contribution in [3.05, 3.63) is 24.2 Å². The summed E-state index contributed by atoms with van der Waals surface area (Å²) in [5.41, 5.74) is 0.880. The molecular weight excluding hydrogens is 152 g/mol. The van der Waals surface area contributed by atoms with Gasteiger partial charge < -0.3 is 4.42 Å². The van der Waals surface area contributed by atoms with Crippen molar-refractivity contribution in [3.63, 3.8) is 0 Å². The van der Waals surface area contributed by atoms with Gasteiger partial charge >= 0.3 is 0 Å². The molecule has 1 aromatic heterocycles. The second-order valence-electron chi connectivity index (χ2n) is 1.98. The predicted octanol–water partition coefficient (Wildman–Crippen LogP) is 1.63. The first-order chi connectivity index (χ1) is 4.83. The Morgan fingerprint density at radius 1 is 1.70 bits per heavy atom. The SMILES string of the molecule is O=C(CCl)Cc1ccoc1. The molecule has 0 atom stereocenters. The normalized spacial score (nSPS) is 9.70. The van der Waals surface area contributed by atoms with Gasteiger partial charge in [0.15, 0.2) is 5.78 Å². The molecule has 0 amide bonds. The summed E-state index contributed by atoms with van der Waals surface area (Å²) < 4.78 is 4.76. The second kappa shape index (κ2) is 3.42. The minimum atomic E-state index is 0.0167. The first kappa shape index (κ1) is 7.35. The third kappa shape index (κ3) is 1.88. The topological polar surface area (TPSA) is 30.2 Å². The molecule has 0 aliphatic carbocycles. The quantitative estimate of drug-likeness (QED) is 0.626. The highest BCUT2D eigenvalue weighted by Crippen LogP contribution is 2.01. The molecule has 3 heteroatoms. The van der Waals surface area contributed by atoms with E-state index < -0.39 is 0 Å². The summed E-state index contributed by atoms with van der Waals surface area (Å²) in [5, 5.41) is 0. The molecule has 0 saturated heterocycles. The molecule has 0 saturated carbocycles. The molecule has 0 aliphatic rings. The zero-order chi connectivity index (χ0) is 7.40. The smallest absolute Gasteiger partial charge is 0.152 e. The maximum atomic E-state index is 10.7. The number of Topliss-reactive ketones (excluding diaryl/α,β-unsaturated/α-hetero) is 1. The first-order valence-corrected chi connectivity index (χ1v) is 3.45. The Kier molecular flexibility index (Phi) is 2.51. The van der Waals surface area contributed by atoms with Crippen LogP contribution in [0.2, 0.25) is 0 Å². The van der Waals surface area contributed by atoms with Gasteiger partial charge in [0.1, 0.15) is 0 Å². The number of rotatable bonds is 3. The van der Waals surface area contributed by atoms with Crippen molar-refractivity contribution < 1.29 is 9.21 Å². The Hall–Kier alpha value is -0.760. The summed E-state index contributed by atoms with van der Waals surface area (Å²) in [7, 11) is 0. The van der Waals surface area contributed by atoms with E-state index in [0.29, 0.717) is 6.42 Å². The number of hydrogen-bond acceptors (Lipinski definition) is 2. The summed E-state index contributed by atoms with van der Waals surface area (Å²) in [6.45, 7) is 0. The lowest BCUT2D eigenvalue weighted by Gasteiger charge is -1.88. The molecule has 1 heterocycles. The van der Waals surface area contributed by atoms with Crippen LogP contribution in [0.5, 0.6) is 0 Å². The van der Waals surface area contributed by atoms with Crippen LogP contribution in [0.25, 0.3) is 0 Å². The summed E-state index contributed by atoms with van der Waals surface area (Å²) in [5.74, 6) is 0.0913. The molecule has 0 radical (unpaired) electrons. The number of carbonyl (C=O) groups excluding carboxylic acids is 1. The molecule has 1 aromatic rings. The maximum Gasteiger partial charge on any atom is 0.152 e. The van der Waals surface area contributed by atoms with Crippen LogP contribution in [0.1, 0.15) is 5.56 Å². The number of alkyl halides is 1. The van der Waals surface area contributed by atoms with Gasteiger partial charge in [0.2, 0.25) is 0 Å². The van der Waals surface area contributed by atoms with E-state index in [4.69, 9.17) is 16.0 Å². The third-order valence-corrected chi connectivity index (χ3v) is 1.43. The van der Waals surface area contributed by atoms with E-state index in [0.717, 1.165) is 5.56 Å². The van der Waals surface area contributed by atoms with Crippen LogP contribution in [0, 0.1) is 0 Å². The monoisotopic (exact) mass is 158 g/mol. The van der Waals surface area contributed by atoms with Crippen molar-refractivity contribution in [3.8, 4) is 0 Å². The number of carbonyl (C=O) groups is 1. The molecule has 0 unspecified atom stereocenters. The van der Waals surface area contributed by atoms with Gasteiger partial charge in [-0.05, 0) is 11.6 Å². The predicted molar refractivity (Wildman–Crippen MR) is 38.1 cm³/mol. The maximum absolute atomic E-state index is 10.7. The molecule has 54 valence electrons. The Bertz CT molecular complexity index is 203. The lowest BCUT2D eigenvalue weighted by Crippen LogP contribution is -2.02. The lowest BCUT2D eigenvalue weighted by atomic mass is 10.2. The van der Waals surface area contributed by atoms with Crippen LogP contribution < -0.4 is 0 Å². The van der Waals surface area contributed by atoms with Crippen LogP contribution in [-0.4, -0.2) is 11.7 Å². The largest absolute Gasteiger partial charge is 0.472 e. The molecule has 2 nitrogen and oxygen atoms in total. The van der Waals surface area contributed by atoms with Crippen LogP contribution in [0.15, 0.2) is 23.0 Å². The van der Waals surface area contributed by atoms with Crippen molar-refractivity contribution in [2.75, 3.05) is 5.88 Å². The molecule has 0 N–H and O–H groups in total. The second-order valence-corrected chi connectivity index (χ2v) is 2.25. The molecule has 0 fully saturated rings. The van der Waals surface area contributed by atoms with Crippen LogP contribution >= 0.6 is 11.6 Å². The zero-order valence-electron chi connectivity index (χ0n) is 5.34. The highest BCUT2D eigenvalue weighted by Gasteiger charge is 2.01. The van der Waals surface area contributed by atoms with Crippen molar-refractivity contribution in [1.82, 2.24) is 0 Å². The van der Waals surface area contributed by atoms with Gasteiger partial charge in [0, 0.05) is 6.42 Å². The fourth-order valence-corrected chi connectivity index (χ4v) is 0.763. The summed E-state index contributed by atoms with van der Waals surface area (Å²) >= 11 is 5.29. The Morgan fingerprint density at radius 3 is 3.00 bits per heavy atom. The number of hydrogen-bond donors (Lipinski definition) is 0. The molecule has 10 heavy (non-hydrogen) atoms. The average Bonchev–Trinajstić information content (AvgIpc) is 2.40. The summed E-state index contributed by atoms with van der Waals surface area (Å²) in [4.78, 5) is 10.7. The fraction of sp³-hybridized carbons (Fsp3) is 0.286. The first-order valence-electron chi connectivity index (χ1n) is 2.91. The van der Waals surface area contributed by atoms with E-state index in [-0.39, 0.29) is 11.7 Å². The number of furan rings is 1. The number of halogens is 1. The van der Waals surface area contributed by atoms with Gasteiger partial charge in [0.05, 0.1) is 18.4 Å². The molecule has 0 spiro atoms. The fourth-order valence-electron chi connectivity index (χ4n) is 0.668. The van der Waals surface area contributed by atoms with E-state index in [1.165, 1.54) is 6.26 Å². The Labute approximate surface area is 63.8 Å². The lowest BCUT2D eigenvalue weighted by molar-refractivity contribution is -0.116. The van der Waals surface area contributed by atoms with Crippen LogP contribution in [0.3, 0.4) is 0 Å². The van der Waals surface area contributed by atoms with E-state index in [9.17, 15) is 4.79 Å². The van der Waals surface area contributed by atoms with Gasteiger partial charge in [-0.2, -0.15) is 0 Å². The van der Waals surface area contributed by atoms with Gasteiger partial charge in [-0.1, -0.05) is 0 Å². The van der Waals surface area contributed by atoms with Crippen LogP contribution in [0.4, 0.5) is 0 Å². The molecule has 1 rings (SSSR count). The molecule has 0 aromatic carbocycles. The third-order valence-electron chi connectivity index (χ3n) is 1.13. The molecule has 0 bridgehead atoms.